The van der Waals surface area contributed by atoms with Crippen LogP contribution < -0.4 is 10.1 Å². The molecule has 0 saturated carbocycles. The van der Waals surface area contributed by atoms with Crippen LogP contribution in [0.5, 0.6) is 5.75 Å². The van der Waals surface area contributed by atoms with E-state index in [4.69, 9.17) is 16.3 Å². The third-order valence-electron chi connectivity index (χ3n) is 3.16. The highest BCUT2D eigenvalue weighted by Gasteiger charge is 2.06. The fourth-order valence-corrected chi connectivity index (χ4v) is 2.21. The number of hydrogen-bond donors (Lipinski definition) is 1. The van der Waals surface area contributed by atoms with E-state index in [1.165, 1.54) is 0 Å². The summed E-state index contributed by atoms with van der Waals surface area (Å²) in [4.78, 5) is 4.22. The summed E-state index contributed by atoms with van der Waals surface area (Å²) < 4.78 is 7.65. The van der Waals surface area contributed by atoms with Gasteiger partial charge in [-0.15, -0.1) is 0 Å². The molecule has 0 aliphatic rings. The number of aryl methyl sites for hydroxylation is 1. The molecule has 1 N–H and O–H groups in total. The molecular weight excluding hydrogens is 286 g/mol. The van der Waals surface area contributed by atoms with E-state index in [0.717, 1.165) is 24.5 Å². The van der Waals surface area contributed by atoms with Crippen LogP contribution in [0.4, 0.5) is 0 Å². The summed E-state index contributed by atoms with van der Waals surface area (Å²) >= 11 is 6.27. The van der Waals surface area contributed by atoms with Crippen LogP contribution in [-0.4, -0.2) is 16.1 Å². The number of nitrogens with zero attached hydrogens (tertiary/aromatic N) is 2. The Hall–Kier alpha value is -1.52. The zero-order valence-electron chi connectivity index (χ0n) is 12.8. The van der Waals surface area contributed by atoms with E-state index in [1.807, 2.05) is 36.0 Å². The number of benzene rings is 1. The highest BCUT2D eigenvalue weighted by atomic mass is 35.5. The predicted octanol–water partition coefficient (Wildman–Crippen LogP) is 3.40. The van der Waals surface area contributed by atoms with E-state index >= 15 is 0 Å². The SMILES string of the molecule is CC(C)CNCc1ccc(OCc2nccn2C)c(Cl)c1. The van der Waals surface area contributed by atoms with Crippen molar-refractivity contribution in [3.05, 3.63) is 47.0 Å². The van der Waals surface area contributed by atoms with Crippen molar-refractivity contribution in [3.63, 3.8) is 0 Å². The summed E-state index contributed by atoms with van der Waals surface area (Å²) in [5, 5.41) is 4.03. The van der Waals surface area contributed by atoms with Gasteiger partial charge in [-0.05, 0) is 30.2 Å². The molecule has 0 radical (unpaired) electrons. The van der Waals surface area contributed by atoms with Gasteiger partial charge in [0.15, 0.2) is 0 Å². The Morgan fingerprint density at radius 2 is 2.19 bits per heavy atom. The summed E-state index contributed by atoms with van der Waals surface area (Å²) in [7, 11) is 1.94. The monoisotopic (exact) mass is 307 g/mol. The number of nitrogens with one attached hydrogen (secondary N) is 1. The first-order chi connectivity index (χ1) is 10.1. The lowest BCUT2D eigenvalue weighted by Gasteiger charge is -2.11. The quantitative estimate of drug-likeness (QED) is 0.852. The van der Waals surface area contributed by atoms with E-state index < -0.39 is 0 Å². The maximum atomic E-state index is 6.27. The van der Waals surface area contributed by atoms with Crippen LogP contribution in [0.2, 0.25) is 5.02 Å². The Bertz CT molecular complexity index is 581. The van der Waals surface area contributed by atoms with Gasteiger partial charge in [-0.3, -0.25) is 0 Å². The molecule has 0 fully saturated rings. The average molecular weight is 308 g/mol. The second-order valence-corrected chi connectivity index (χ2v) is 5.94. The number of halogens is 1. The van der Waals surface area contributed by atoms with Crippen molar-refractivity contribution in [1.29, 1.82) is 0 Å². The number of ether oxygens (including phenoxy) is 1. The largest absolute Gasteiger partial charge is 0.484 e. The summed E-state index contributed by atoms with van der Waals surface area (Å²) in [6.45, 7) is 6.60. The average Bonchev–Trinajstić information content (AvgIpc) is 2.83. The van der Waals surface area contributed by atoms with Crippen LogP contribution in [0.3, 0.4) is 0 Å². The smallest absolute Gasteiger partial charge is 0.146 e. The van der Waals surface area contributed by atoms with Gasteiger partial charge in [-0.25, -0.2) is 4.98 Å². The molecule has 1 heterocycles. The summed E-state index contributed by atoms with van der Waals surface area (Å²) in [5.41, 5.74) is 1.16. The molecule has 0 unspecified atom stereocenters. The van der Waals surface area contributed by atoms with E-state index in [0.29, 0.717) is 23.3 Å². The molecule has 0 atom stereocenters. The molecule has 21 heavy (non-hydrogen) atoms. The van der Waals surface area contributed by atoms with Gasteiger partial charge in [0.2, 0.25) is 0 Å². The van der Waals surface area contributed by atoms with E-state index in [-0.39, 0.29) is 0 Å². The molecule has 1 aromatic carbocycles. The minimum Gasteiger partial charge on any atom is -0.484 e. The van der Waals surface area contributed by atoms with Crippen molar-refractivity contribution >= 4 is 11.6 Å². The highest BCUT2D eigenvalue weighted by molar-refractivity contribution is 6.32. The fraction of sp³-hybridized carbons (Fsp3) is 0.438. The van der Waals surface area contributed by atoms with Crippen molar-refractivity contribution in [2.75, 3.05) is 6.54 Å². The Morgan fingerprint density at radius 3 is 2.81 bits per heavy atom. The maximum absolute atomic E-state index is 6.27. The molecule has 5 heteroatoms. The van der Waals surface area contributed by atoms with Crippen LogP contribution in [0.25, 0.3) is 0 Å². The minimum atomic E-state index is 0.411. The number of aromatic nitrogens is 2. The van der Waals surface area contributed by atoms with Crippen LogP contribution in [0, 0.1) is 5.92 Å². The molecule has 2 rings (SSSR count). The summed E-state index contributed by atoms with van der Waals surface area (Å²) in [6, 6.07) is 5.90. The normalized spacial score (nSPS) is 11.1. The standard InChI is InChI=1S/C16H22ClN3O/c1-12(2)9-18-10-13-4-5-15(14(17)8-13)21-11-16-19-6-7-20(16)3/h4-8,12,18H,9-11H2,1-3H3. The van der Waals surface area contributed by atoms with E-state index in [1.54, 1.807) is 6.20 Å². The lowest BCUT2D eigenvalue weighted by molar-refractivity contribution is 0.292. The van der Waals surface area contributed by atoms with Gasteiger partial charge in [-0.1, -0.05) is 31.5 Å². The zero-order valence-corrected chi connectivity index (χ0v) is 13.5. The van der Waals surface area contributed by atoms with Gasteiger partial charge in [0, 0.05) is 26.0 Å². The van der Waals surface area contributed by atoms with Crippen molar-refractivity contribution in [3.8, 4) is 5.75 Å². The molecular formula is C16H22ClN3O. The first kappa shape index (κ1) is 15.9. The van der Waals surface area contributed by atoms with Crippen molar-refractivity contribution in [1.82, 2.24) is 14.9 Å². The van der Waals surface area contributed by atoms with Gasteiger partial charge >= 0.3 is 0 Å². The first-order valence-corrected chi connectivity index (χ1v) is 7.52. The van der Waals surface area contributed by atoms with Crippen molar-refractivity contribution < 1.29 is 4.74 Å². The highest BCUT2D eigenvalue weighted by Crippen LogP contribution is 2.26. The van der Waals surface area contributed by atoms with Gasteiger partial charge in [0.1, 0.15) is 18.2 Å². The zero-order chi connectivity index (χ0) is 15.2. The van der Waals surface area contributed by atoms with Crippen molar-refractivity contribution in [2.45, 2.75) is 27.0 Å². The Morgan fingerprint density at radius 1 is 1.38 bits per heavy atom. The van der Waals surface area contributed by atoms with E-state index in [2.05, 4.69) is 24.1 Å². The second-order valence-electron chi connectivity index (χ2n) is 5.53. The molecule has 0 saturated heterocycles. The third kappa shape index (κ3) is 4.76. The predicted molar refractivity (Wildman–Crippen MR) is 85.5 cm³/mol. The Balaban J connectivity index is 1.91. The summed E-state index contributed by atoms with van der Waals surface area (Å²) in [5.74, 6) is 2.20. The molecule has 0 spiro atoms. The first-order valence-electron chi connectivity index (χ1n) is 7.14. The van der Waals surface area contributed by atoms with Crippen LogP contribution >= 0.6 is 11.6 Å². The fourth-order valence-electron chi connectivity index (χ4n) is 1.95. The molecule has 0 bridgehead atoms. The van der Waals surface area contributed by atoms with Gasteiger partial charge < -0.3 is 14.6 Å². The molecule has 0 amide bonds. The van der Waals surface area contributed by atoms with Gasteiger partial charge in [-0.2, -0.15) is 0 Å². The topological polar surface area (TPSA) is 39.1 Å². The Kier molecular flexibility index (Phi) is 5.65. The van der Waals surface area contributed by atoms with Crippen LogP contribution in [0.15, 0.2) is 30.6 Å². The maximum Gasteiger partial charge on any atom is 0.146 e. The van der Waals surface area contributed by atoms with E-state index in [9.17, 15) is 0 Å². The number of rotatable bonds is 7. The molecule has 0 aliphatic heterocycles. The second kappa shape index (κ2) is 7.48. The number of hydrogen-bond acceptors (Lipinski definition) is 3. The summed E-state index contributed by atoms with van der Waals surface area (Å²) in [6.07, 6.45) is 3.65. The lowest BCUT2D eigenvalue weighted by Crippen LogP contribution is -2.18. The lowest BCUT2D eigenvalue weighted by atomic mass is 10.2. The molecule has 4 nitrogen and oxygen atoms in total. The van der Waals surface area contributed by atoms with Gasteiger partial charge in [0.25, 0.3) is 0 Å². The van der Waals surface area contributed by atoms with Crippen LogP contribution in [0.1, 0.15) is 25.2 Å². The molecule has 2 aromatic rings. The number of imidazole rings is 1. The third-order valence-corrected chi connectivity index (χ3v) is 3.45. The van der Waals surface area contributed by atoms with Crippen molar-refractivity contribution in [2.24, 2.45) is 13.0 Å². The minimum absolute atomic E-state index is 0.411. The van der Waals surface area contributed by atoms with Crippen LogP contribution in [-0.2, 0) is 20.2 Å². The van der Waals surface area contributed by atoms with Gasteiger partial charge in [0.05, 0.1) is 5.02 Å². The molecule has 1 aromatic heterocycles. The molecule has 114 valence electrons. The molecule has 0 aliphatic carbocycles. The Labute approximate surface area is 131 Å².